The summed E-state index contributed by atoms with van der Waals surface area (Å²) >= 11 is 0. The monoisotopic (exact) mass is 165 g/mol. The molecule has 68 valence electrons. The van der Waals surface area contributed by atoms with Gasteiger partial charge < -0.3 is 0 Å². The zero-order chi connectivity index (χ0) is 9.56. The maximum Gasteiger partial charge on any atom is 0.0372 e. The summed E-state index contributed by atoms with van der Waals surface area (Å²) in [6.07, 6.45) is 1.87. The highest BCUT2D eigenvalue weighted by Gasteiger charge is 1.81. The maximum absolute atomic E-state index is 4.08. The molecule has 0 aliphatic heterocycles. The van der Waals surface area contributed by atoms with Crippen LogP contribution in [0, 0.1) is 19.8 Å². The fourth-order valence-electron chi connectivity index (χ4n) is 0.542. The highest BCUT2D eigenvalue weighted by Crippen LogP contribution is 1.94. The van der Waals surface area contributed by atoms with Gasteiger partial charge in [-0.05, 0) is 31.4 Å². The van der Waals surface area contributed by atoms with E-state index in [4.69, 9.17) is 0 Å². The predicted octanol–water partition coefficient (Wildman–Crippen LogP) is 3.36. The van der Waals surface area contributed by atoms with E-state index in [-0.39, 0.29) is 0 Å². The number of aryl methyl sites for hydroxylation is 2. The normalized spacial score (nSPS) is 9.17. The molecular formula is C11H19N. The first-order valence-corrected chi connectivity index (χ1v) is 4.41. The van der Waals surface area contributed by atoms with Crippen LogP contribution in [0.25, 0.3) is 0 Å². The third kappa shape index (κ3) is 7.26. The van der Waals surface area contributed by atoms with Crippen molar-refractivity contribution in [1.82, 2.24) is 4.98 Å². The smallest absolute Gasteiger partial charge is 0.0372 e. The number of hydrogen-bond donors (Lipinski definition) is 0. The fourth-order valence-corrected chi connectivity index (χ4v) is 0.542. The van der Waals surface area contributed by atoms with E-state index in [1.807, 2.05) is 26.1 Å². The quantitative estimate of drug-likeness (QED) is 0.574. The number of pyridine rings is 1. The van der Waals surface area contributed by atoms with Crippen LogP contribution in [0.5, 0.6) is 0 Å². The van der Waals surface area contributed by atoms with Gasteiger partial charge in [-0.2, -0.15) is 0 Å². The van der Waals surface area contributed by atoms with Crippen LogP contribution in [0.4, 0.5) is 0 Å². The number of hydrogen-bond acceptors (Lipinski definition) is 1. The van der Waals surface area contributed by atoms with Crippen molar-refractivity contribution in [3.05, 3.63) is 29.6 Å². The largest absolute Gasteiger partial charge is 0.261 e. The Bertz CT molecular complexity index is 175. The molecule has 0 aliphatic rings. The molecular weight excluding hydrogens is 146 g/mol. The van der Waals surface area contributed by atoms with Crippen LogP contribution in [0.2, 0.25) is 0 Å². The molecule has 0 N–H and O–H groups in total. The molecule has 0 unspecified atom stereocenters. The molecule has 1 heteroatoms. The SMILES string of the molecule is CC(C)C.Cc1ccc(C)nc1. The molecule has 0 bridgehead atoms. The molecule has 0 fully saturated rings. The summed E-state index contributed by atoms with van der Waals surface area (Å²) < 4.78 is 0. The van der Waals surface area contributed by atoms with Gasteiger partial charge >= 0.3 is 0 Å². The van der Waals surface area contributed by atoms with E-state index < -0.39 is 0 Å². The average Bonchev–Trinajstić information content (AvgIpc) is 1.94. The van der Waals surface area contributed by atoms with Crippen molar-refractivity contribution in [2.24, 2.45) is 5.92 Å². The lowest BCUT2D eigenvalue weighted by molar-refractivity contribution is 0.737. The predicted molar refractivity (Wildman–Crippen MR) is 54.2 cm³/mol. The molecule has 0 saturated heterocycles. The van der Waals surface area contributed by atoms with Crippen molar-refractivity contribution in [3.8, 4) is 0 Å². The Labute approximate surface area is 75.8 Å². The van der Waals surface area contributed by atoms with Crippen LogP contribution < -0.4 is 0 Å². The highest BCUT2D eigenvalue weighted by atomic mass is 14.6. The summed E-state index contributed by atoms with van der Waals surface area (Å²) in [5.74, 6) is 0.833. The van der Waals surface area contributed by atoms with Gasteiger partial charge in [0.1, 0.15) is 0 Å². The second-order valence-electron chi connectivity index (χ2n) is 3.71. The number of aromatic nitrogens is 1. The summed E-state index contributed by atoms with van der Waals surface area (Å²) in [4.78, 5) is 4.08. The first-order chi connectivity index (χ1) is 5.52. The van der Waals surface area contributed by atoms with E-state index in [1.54, 1.807) is 0 Å². The van der Waals surface area contributed by atoms with E-state index in [0.717, 1.165) is 11.6 Å². The molecule has 0 spiro atoms. The minimum atomic E-state index is 0.833. The molecule has 1 aromatic rings. The second-order valence-corrected chi connectivity index (χ2v) is 3.71. The highest BCUT2D eigenvalue weighted by molar-refractivity contribution is 5.10. The van der Waals surface area contributed by atoms with Gasteiger partial charge in [-0.3, -0.25) is 4.98 Å². The molecule has 0 amide bonds. The number of rotatable bonds is 0. The van der Waals surface area contributed by atoms with Crippen molar-refractivity contribution in [2.45, 2.75) is 34.6 Å². The zero-order valence-corrected chi connectivity index (χ0v) is 8.76. The van der Waals surface area contributed by atoms with E-state index in [9.17, 15) is 0 Å². The van der Waals surface area contributed by atoms with Gasteiger partial charge in [0.05, 0.1) is 0 Å². The second kappa shape index (κ2) is 5.76. The van der Waals surface area contributed by atoms with E-state index in [1.165, 1.54) is 5.56 Å². The topological polar surface area (TPSA) is 12.9 Å². The number of nitrogens with zero attached hydrogens (tertiary/aromatic N) is 1. The zero-order valence-electron chi connectivity index (χ0n) is 8.76. The molecule has 1 rings (SSSR count). The van der Waals surface area contributed by atoms with E-state index in [2.05, 4.69) is 31.8 Å². The lowest BCUT2D eigenvalue weighted by Gasteiger charge is -1.89. The van der Waals surface area contributed by atoms with Gasteiger partial charge in [0.2, 0.25) is 0 Å². The summed E-state index contributed by atoms with van der Waals surface area (Å²) in [7, 11) is 0. The van der Waals surface area contributed by atoms with Crippen LogP contribution in [0.1, 0.15) is 32.0 Å². The lowest BCUT2D eigenvalue weighted by Crippen LogP contribution is -1.78. The molecule has 1 heterocycles. The van der Waals surface area contributed by atoms with Gasteiger partial charge in [0.15, 0.2) is 0 Å². The van der Waals surface area contributed by atoms with Gasteiger partial charge in [-0.25, -0.2) is 0 Å². The third-order valence-electron chi connectivity index (χ3n) is 1.06. The van der Waals surface area contributed by atoms with Crippen LogP contribution in [-0.2, 0) is 0 Å². The minimum absolute atomic E-state index is 0.833. The molecule has 0 aromatic carbocycles. The molecule has 0 radical (unpaired) electrons. The lowest BCUT2D eigenvalue weighted by atomic mass is 10.3. The molecule has 0 aliphatic carbocycles. The Kier molecular flexibility index (Phi) is 5.35. The Morgan fingerprint density at radius 2 is 1.58 bits per heavy atom. The minimum Gasteiger partial charge on any atom is -0.261 e. The molecule has 12 heavy (non-hydrogen) atoms. The summed E-state index contributed by atoms with van der Waals surface area (Å²) in [6, 6.07) is 4.07. The van der Waals surface area contributed by atoms with E-state index in [0.29, 0.717) is 0 Å². The van der Waals surface area contributed by atoms with Crippen molar-refractivity contribution in [1.29, 1.82) is 0 Å². The summed E-state index contributed by atoms with van der Waals surface area (Å²) in [5, 5.41) is 0. The van der Waals surface area contributed by atoms with Crippen molar-refractivity contribution in [2.75, 3.05) is 0 Å². The van der Waals surface area contributed by atoms with Crippen LogP contribution in [0.15, 0.2) is 18.3 Å². The van der Waals surface area contributed by atoms with Crippen molar-refractivity contribution in [3.63, 3.8) is 0 Å². The van der Waals surface area contributed by atoms with Gasteiger partial charge in [-0.15, -0.1) is 0 Å². The third-order valence-corrected chi connectivity index (χ3v) is 1.06. The Balaban J connectivity index is 0.000000261. The first-order valence-electron chi connectivity index (χ1n) is 4.41. The summed E-state index contributed by atoms with van der Waals surface area (Å²) in [6.45, 7) is 10.5. The Hall–Kier alpha value is -0.850. The first kappa shape index (κ1) is 11.2. The molecule has 0 saturated carbocycles. The standard InChI is InChI=1S/C7H9N.C4H10/c1-6-3-4-7(2)8-5-6;1-4(2)3/h3-5H,1-2H3;4H,1-3H3. The van der Waals surface area contributed by atoms with Crippen LogP contribution >= 0.6 is 0 Å². The molecule has 0 atom stereocenters. The Morgan fingerprint density at radius 3 is 1.83 bits per heavy atom. The molecule has 1 nitrogen and oxygen atoms in total. The maximum atomic E-state index is 4.08. The van der Waals surface area contributed by atoms with Gasteiger partial charge in [0.25, 0.3) is 0 Å². The van der Waals surface area contributed by atoms with E-state index >= 15 is 0 Å². The van der Waals surface area contributed by atoms with Gasteiger partial charge in [0, 0.05) is 11.9 Å². The van der Waals surface area contributed by atoms with Crippen LogP contribution in [-0.4, -0.2) is 4.98 Å². The van der Waals surface area contributed by atoms with Crippen molar-refractivity contribution >= 4 is 0 Å². The molecule has 1 aromatic heterocycles. The van der Waals surface area contributed by atoms with Gasteiger partial charge in [-0.1, -0.05) is 26.8 Å². The van der Waals surface area contributed by atoms with Crippen molar-refractivity contribution < 1.29 is 0 Å². The summed E-state index contributed by atoms with van der Waals surface area (Å²) in [5.41, 5.74) is 2.30. The van der Waals surface area contributed by atoms with Crippen LogP contribution in [0.3, 0.4) is 0 Å². The average molecular weight is 165 g/mol. The fraction of sp³-hybridized carbons (Fsp3) is 0.545. The Morgan fingerprint density at radius 1 is 1.08 bits per heavy atom.